The molecule has 30 heavy (non-hydrogen) atoms. The summed E-state index contributed by atoms with van der Waals surface area (Å²) in [5, 5.41) is 10.2. The van der Waals surface area contributed by atoms with E-state index in [0.29, 0.717) is 17.6 Å². The van der Waals surface area contributed by atoms with E-state index >= 15 is 0 Å². The Morgan fingerprint density at radius 2 is 1.90 bits per heavy atom. The van der Waals surface area contributed by atoms with Gasteiger partial charge in [0.25, 0.3) is 0 Å². The van der Waals surface area contributed by atoms with Crippen molar-refractivity contribution in [2.24, 2.45) is 0 Å². The van der Waals surface area contributed by atoms with Crippen molar-refractivity contribution in [1.29, 1.82) is 5.26 Å². The summed E-state index contributed by atoms with van der Waals surface area (Å²) in [6, 6.07) is 15.3. The van der Waals surface area contributed by atoms with Crippen LogP contribution in [0.5, 0.6) is 0 Å². The SMILES string of the molecule is CCN1/C(=C(C#N)/C=C(F)/C=C2/C(=O)c3ccccc3S2(=O)=O)Sc2ccccc21. The van der Waals surface area contributed by atoms with Crippen molar-refractivity contribution in [2.45, 2.75) is 16.7 Å². The second-order valence-corrected chi connectivity index (χ2v) is 9.43. The number of hydrogen-bond acceptors (Lipinski definition) is 6. The maximum absolute atomic E-state index is 14.8. The molecule has 0 N–H and O–H groups in total. The molecular weight excluding hydrogens is 423 g/mol. The number of allylic oxidation sites excluding steroid dienone is 5. The van der Waals surface area contributed by atoms with E-state index in [9.17, 15) is 22.9 Å². The van der Waals surface area contributed by atoms with Gasteiger partial charge in [-0.15, -0.1) is 0 Å². The Bertz CT molecular complexity index is 1320. The first kappa shape index (κ1) is 20.1. The van der Waals surface area contributed by atoms with E-state index in [1.54, 1.807) is 6.07 Å². The third kappa shape index (κ3) is 3.16. The molecule has 0 saturated carbocycles. The summed E-state index contributed by atoms with van der Waals surface area (Å²) in [6.45, 7) is 2.49. The van der Waals surface area contributed by atoms with Crippen molar-refractivity contribution in [2.75, 3.05) is 11.4 Å². The van der Waals surface area contributed by atoms with Crippen molar-refractivity contribution in [3.63, 3.8) is 0 Å². The second-order valence-electron chi connectivity index (χ2n) is 6.51. The van der Waals surface area contributed by atoms with Gasteiger partial charge in [0, 0.05) is 17.0 Å². The summed E-state index contributed by atoms with van der Waals surface area (Å²) in [6.07, 6.45) is 1.66. The molecule has 0 fully saturated rings. The van der Waals surface area contributed by atoms with E-state index in [0.717, 1.165) is 16.7 Å². The topological polar surface area (TPSA) is 78.2 Å². The smallest absolute Gasteiger partial charge is 0.211 e. The summed E-state index contributed by atoms with van der Waals surface area (Å²) in [7, 11) is -4.10. The van der Waals surface area contributed by atoms with Gasteiger partial charge in [0.05, 0.1) is 21.2 Å². The number of halogens is 1. The molecular formula is C22H15FN2O3S2. The van der Waals surface area contributed by atoms with E-state index in [-0.39, 0.29) is 16.0 Å². The van der Waals surface area contributed by atoms with Crippen LogP contribution in [-0.4, -0.2) is 20.7 Å². The molecule has 0 amide bonds. The number of rotatable bonds is 3. The number of anilines is 1. The Balaban J connectivity index is 1.76. The van der Waals surface area contributed by atoms with Gasteiger partial charge in [0.1, 0.15) is 16.8 Å². The van der Waals surface area contributed by atoms with E-state index in [1.807, 2.05) is 42.2 Å². The zero-order valence-electron chi connectivity index (χ0n) is 15.8. The standard InChI is InChI=1S/C22H15FN2O3S2/c1-2-25-17-8-4-5-9-18(17)29-22(25)14(13-24)11-15(23)12-20-21(26)16-7-3-6-10-19(16)30(20,27)28/h3-12H,2H2,1H3/b15-11-,20-12-,22-14+. The van der Waals surface area contributed by atoms with Crippen LogP contribution in [0.4, 0.5) is 10.1 Å². The van der Waals surface area contributed by atoms with Crippen molar-refractivity contribution < 1.29 is 17.6 Å². The monoisotopic (exact) mass is 438 g/mol. The van der Waals surface area contributed by atoms with Crippen LogP contribution in [0.2, 0.25) is 0 Å². The van der Waals surface area contributed by atoms with Crippen LogP contribution in [0.3, 0.4) is 0 Å². The number of para-hydroxylation sites is 1. The summed E-state index contributed by atoms with van der Waals surface area (Å²) in [5.41, 5.74) is 0.992. The molecule has 2 aromatic carbocycles. The summed E-state index contributed by atoms with van der Waals surface area (Å²) >= 11 is 1.34. The Morgan fingerprint density at radius 1 is 1.20 bits per heavy atom. The number of thioether (sulfide) groups is 1. The lowest BCUT2D eigenvalue weighted by atomic mass is 10.1. The number of sulfone groups is 1. The van der Waals surface area contributed by atoms with Crippen LogP contribution >= 0.6 is 11.8 Å². The van der Waals surface area contributed by atoms with Crippen LogP contribution in [0.1, 0.15) is 17.3 Å². The zero-order valence-corrected chi connectivity index (χ0v) is 17.4. The fourth-order valence-corrected chi connectivity index (χ4v) is 6.16. The fourth-order valence-electron chi connectivity index (χ4n) is 3.40. The highest BCUT2D eigenvalue weighted by Gasteiger charge is 2.39. The number of nitriles is 1. The largest absolute Gasteiger partial charge is 0.334 e. The highest BCUT2D eigenvalue weighted by Crippen LogP contribution is 2.47. The maximum atomic E-state index is 14.8. The van der Waals surface area contributed by atoms with Gasteiger partial charge >= 0.3 is 0 Å². The number of hydrogen-bond donors (Lipinski definition) is 0. The minimum absolute atomic E-state index is 0.0226. The zero-order chi connectivity index (χ0) is 21.5. The highest BCUT2D eigenvalue weighted by molar-refractivity contribution is 8.03. The molecule has 0 aliphatic carbocycles. The number of carbonyl (C=O) groups is 1. The average molecular weight is 439 g/mol. The van der Waals surface area contributed by atoms with Gasteiger partial charge in [0.2, 0.25) is 15.6 Å². The molecule has 0 bridgehead atoms. The van der Waals surface area contributed by atoms with Gasteiger partial charge < -0.3 is 4.90 Å². The fraction of sp³-hybridized carbons (Fsp3) is 0.0909. The van der Waals surface area contributed by atoms with Crippen LogP contribution < -0.4 is 4.90 Å². The Morgan fingerprint density at radius 3 is 2.60 bits per heavy atom. The average Bonchev–Trinajstić information content (AvgIpc) is 3.21. The lowest BCUT2D eigenvalue weighted by molar-refractivity contribution is 0.104. The molecule has 4 rings (SSSR count). The van der Waals surface area contributed by atoms with E-state index < -0.39 is 26.4 Å². The first-order valence-electron chi connectivity index (χ1n) is 9.05. The molecule has 0 aromatic heterocycles. The van der Waals surface area contributed by atoms with Gasteiger partial charge in [-0.05, 0) is 43.3 Å². The Labute approximate surface area is 177 Å². The number of ketones is 1. The van der Waals surface area contributed by atoms with Crippen molar-refractivity contribution in [1.82, 2.24) is 0 Å². The molecule has 5 nitrogen and oxygen atoms in total. The number of benzene rings is 2. The van der Waals surface area contributed by atoms with Crippen LogP contribution in [0, 0.1) is 11.3 Å². The molecule has 8 heteroatoms. The van der Waals surface area contributed by atoms with Gasteiger partial charge in [-0.3, -0.25) is 4.79 Å². The molecule has 2 aliphatic heterocycles. The van der Waals surface area contributed by atoms with Gasteiger partial charge in [0.15, 0.2) is 0 Å². The van der Waals surface area contributed by atoms with Crippen molar-refractivity contribution >= 4 is 33.1 Å². The minimum Gasteiger partial charge on any atom is -0.334 e. The third-order valence-electron chi connectivity index (χ3n) is 4.76. The Hall–Kier alpha value is -3.15. The van der Waals surface area contributed by atoms with Gasteiger partial charge in [-0.1, -0.05) is 36.0 Å². The number of fused-ring (bicyclic) bond motifs is 2. The van der Waals surface area contributed by atoms with Crippen LogP contribution in [-0.2, 0) is 9.84 Å². The Kier molecular flexibility index (Phi) is 5.10. The first-order chi connectivity index (χ1) is 14.4. The maximum Gasteiger partial charge on any atom is 0.211 e. The van der Waals surface area contributed by atoms with Crippen LogP contribution in [0.25, 0.3) is 0 Å². The molecule has 2 aromatic rings. The van der Waals surface area contributed by atoms with Crippen LogP contribution in [0.15, 0.2) is 91.8 Å². The lowest BCUT2D eigenvalue weighted by Crippen LogP contribution is -2.17. The first-order valence-corrected chi connectivity index (χ1v) is 11.3. The third-order valence-corrected chi connectivity index (χ3v) is 7.78. The summed E-state index contributed by atoms with van der Waals surface area (Å²) in [5.74, 6) is -1.73. The summed E-state index contributed by atoms with van der Waals surface area (Å²) in [4.78, 5) is 14.5. The van der Waals surface area contributed by atoms with E-state index in [2.05, 4.69) is 0 Å². The predicted molar refractivity (Wildman–Crippen MR) is 113 cm³/mol. The van der Waals surface area contributed by atoms with Gasteiger partial charge in [-0.2, -0.15) is 5.26 Å². The lowest BCUT2D eigenvalue weighted by Gasteiger charge is -2.18. The molecule has 2 heterocycles. The minimum atomic E-state index is -4.10. The van der Waals surface area contributed by atoms with E-state index in [4.69, 9.17) is 0 Å². The molecule has 2 aliphatic rings. The number of carbonyl (C=O) groups excluding carboxylic acids is 1. The van der Waals surface area contributed by atoms with E-state index in [1.165, 1.54) is 30.0 Å². The quantitative estimate of drug-likeness (QED) is 0.508. The molecule has 0 unspecified atom stereocenters. The molecule has 0 spiro atoms. The number of Topliss-reactive ketones (excluding diaryl/α,β-unsaturated/α-hetero) is 1. The molecule has 150 valence electrons. The normalized spacial score (nSPS) is 20.2. The molecule has 0 atom stereocenters. The van der Waals surface area contributed by atoms with Crippen molar-refractivity contribution in [3.05, 3.63) is 87.6 Å². The predicted octanol–water partition coefficient (Wildman–Crippen LogP) is 4.76. The molecule has 0 radical (unpaired) electrons. The van der Waals surface area contributed by atoms with Gasteiger partial charge in [-0.25, -0.2) is 12.8 Å². The number of nitrogens with zero attached hydrogens (tertiary/aromatic N) is 2. The second kappa shape index (κ2) is 7.59. The highest BCUT2D eigenvalue weighted by atomic mass is 32.2. The summed E-state index contributed by atoms with van der Waals surface area (Å²) < 4.78 is 40.0. The molecule has 0 saturated heterocycles. The van der Waals surface area contributed by atoms with Crippen molar-refractivity contribution in [3.8, 4) is 6.07 Å².